The highest BCUT2D eigenvalue weighted by molar-refractivity contribution is 5.79. The van der Waals surface area contributed by atoms with Crippen LogP contribution in [0.2, 0.25) is 0 Å². The van der Waals surface area contributed by atoms with E-state index in [1.165, 1.54) is 4.90 Å². The number of hydrogen-bond acceptors (Lipinski definition) is 2. The van der Waals surface area contributed by atoms with E-state index in [4.69, 9.17) is 5.11 Å². The molecule has 1 aliphatic rings. The first-order valence-corrected chi connectivity index (χ1v) is 6.86. The van der Waals surface area contributed by atoms with Gasteiger partial charge in [-0.3, -0.25) is 4.79 Å². The SMILES string of the molecule is CCCN(CCO)C(=O)C1CCCC(C(F)(F)F)C1. The molecule has 1 fully saturated rings. The highest BCUT2D eigenvalue weighted by atomic mass is 19.4. The summed E-state index contributed by atoms with van der Waals surface area (Å²) >= 11 is 0. The molecule has 1 saturated carbocycles. The number of alkyl halides is 3. The molecule has 19 heavy (non-hydrogen) atoms. The molecule has 0 spiro atoms. The van der Waals surface area contributed by atoms with Crippen LogP contribution in [-0.2, 0) is 4.79 Å². The van der Waals surface area contributed by atoms with Crippen LogP contribution in [0.4, 0.5) is 13.2 Å². The third-order valence-corrected chi connectivity index (χ3v) is 3.66. The molecular formula is C13H22F3NO2. The van der Waals surface area contributed by atoms with E-state index in [9.17, 15) is 18.0 Å². The lowest BCUT2D eigenvalue weighted by atomic mass is 9.80. The molecule has 0 aliphatic heterocycles. The molecule has 1 N–H and O–H groups in total. The maximum Gasteiger partial charge on any atom is 0.391 e. The molecular weight excluding hydrogens is 259 g/mol. The Morgan fingerprint density at radius 1 is 1.32 bits per heavy atom. The van der Waals surface area contributed by atoms with Gasteiger partial charge in [-0.1, -0.05) is 13.3 Å². The van der Waals surface area contributed by atoms with E-state index in [2.05, 4.69) is 0 Å². The Morgan fingerprint density at radius 3 is 2.53 bits per heavy atom. The molecule has 0 aromatic heterocycles. The molecule has 0 aromatic carbocycles. The van der Waals surface area contributed by atoms with Gasteiger partial charge in [0.15, 0.2) is 0 Å². The largest absolute Gasteiger partial charge is 0.395 e. The van der Waals surface area contributed by atoms with Crippen LogP contribution in [0.5, 0.6) is 0 Å². The number of aliphatic hydroxyl groups is 1. The number of aliphatic hydroxyl groups excluding tert-OH is 1. The summed E-state index contributed by atoms with van der Waals surface area (Å²) < 4.78 is 38.1. The van der Waals surface area contributed by atoms with Crippen molar-refractivity contribution in [2.24, 2.45) is 11.8 Å². The van der Waals surface area contributed by atoms with Gasteiger partial charge < -0.3 is 10.0 Å². The molecule has 2 unspecified atom stereocenters. The number of rotatable bonds is 5. The summed E-state index contributed by atoms with van der Waals surface area (Å²) in [4.78, 5) is 13.7. The van der Waals surface area contributed by atoms with Crippen molar-refractivity contribution in [1.29, 1.82) is 0 Å². The van der Waals surface area contributed by atoms with Crippen molar-refractivity contribution in [1.82, 2.24) is 4.90 Å². The maximum absolute atomic E-state index is 12.7. The highest BCUT2D eigenvalue weighted by Gasteiger charge is 2.44. The third kappa shape index (κ3) is 4.67. The fourth-order valence-electron chi connectivity index (χ4n) is 2.69. The molecule has 3 nitrogen and oxygen atoms in total. The molecule has 2 atom stereocenters. The van der Waals surface area contributed by atoms with Crippen LogP contribution in [0.25, 0.3) is 0 Å². The Kier molecular flexibility index (Phi) is 6.10. The topological polar surface area (TPSA) is 40.5 Å². The molecule has 1 amide bonds. The van der Waals surface area contributed by atoms with Crippen LogP contribution in [0.1, 0.15) is 39.0 Å². The fourth-order valence-corrected chi connectivity index (χ4v) is 2.69. The van der Waals surface area contributed by atoms with E-state index < -0.39 is 18.0 Å². The van der Waals surface area contributed by atoms with Gasteiger partial charge >= 0.3 is 6.18 Å². The van der Waals surface area contributed by atoms with Crippen molar-refractivity contribution < 1.29 is 23.1 Å². The zero-order valence-corrected chi connectivity index (χ0v) is 11.2. The van der Waals surface area contributed by atoms with Crippen LogP contribution >= 0.6 is 0 Å². The van der Waals surface area contributed by atoms with E-state index in [0.717, 1.165) is 6.42 Å². The van der Waals surface area contributed by atoms with Crippen LogP contribution in [0.3, 0.4) is 0 Å². The molecule has 1 rings (SSSR count). The molecule has 0 heterocycles. The van der Waals surface area contributed by atoms with Gasteiger partial charge in [0, 0.05) is 19.0 Å². The minimum Gasteiger partial charge on any atom is -0.395 e. The van der Waals surface area contributed by atoms with Gasteiger partial charge in [0.05, 0.1) is 12.5 Å². The van der Waals surface area contributed by atoms with Gasteiger partial charge in [-0.2, -0.15) is 13.2 Å². The average Bonchev–Trinajstić information content (AvgIpc) is 2.37. The minimum absolute atomic E-state index is 0.103. The molecule has 0 bridgehead atoms. The first-order chi connectivity index (χ1) is 8.90. The average molecular weight is 281 g/mol. The van der Waals surface area contributed by atoms with Crippen molar-refractivity contribution in [3.8, 4) is 0 Å². The zero-order valence-electron chi connectivity index (χ0n) is 11.2. The number of carbonyl (C=O) groups excluding carboxylic acids is 1. The fraction of sp³-hybridized carbons (Fsp3) is 0.923. The predicted octanol–water partition coefficient (Wildman–Crippen LogP) is 2.59. The monoisotopic (exact) mass is 281 g/mol. The Balaban J connectivity index is 2.64. The summed E-state index contributed by atoms with van der Waals surface area (Å²) in [6, 6.07) is 0. The number of carbonyl (C=O) groups is 1. The lowest BCUT2D eigenvalue weighted by Gasteiger charge is -2.33. The Labute approximate surface area is 111 Å². The molecule has 1 aliphatic carbocycles. The lowest BCUT2D eigenvalue weighted by molar-refractivity contribution is -0.187. The number of amides is 1. The lowest BCUT2D eigenvalue weighted by Crippen LogP contribution is -2.41. The first kappa shape index (κ1) is 16.3. The van der Waals surface area contributed by atoms with Crippen LogP contribution in [-0.4, -0.2) is 41.8 Å². The van der Waals surface area contributed by atoms with Gasteiger partial charge in [-0.15, -0.1) is 0 Å². The molecule has 112 valence electrons. The van der Waals surface area contributed by atoms with Crippen molar-refractivity contribution in [2.75, 3.05) is 19.7 Å². The number of hydrogen-bond donors (Lipinski definition) is 1. The van der Waals surface area contributed by atoms with Crippen molar-refractivity contribution in [3.63, 3.8) is 0 Å². The quantitative estimate of drug-likeness (QED) is 0.841. The van der Waals surface area contributed by atoms with Crippen LogP contribution < -0.4 is 0 Å². The van der Waals surface area contributed by atoms with Gasteiger partial charge in [-0.05, 0) is 25.7 Å². The van der Waals surface area contributed by atoms with E-state index >= 15 is 0 Å². The highest BCUT2D eigenvalue weighted by Crippen LogP contribution is 2.40. The van der Waals surface area contributed by atoms with E-state index in [0.29, 0.717) is 19.4 Å². The van der Waals surface area contributed by atoms with E-state index in [1.54, 1.807) is 0 Å². The Bertz CT molecular complexity index is 288. The third-order valence-electron chi connectivity index (χ3n) is 3.66. The normalized spacial score (nSPS) is 24.3. The summed E-state index contributed by atoms with van der Waals surface area (Å²) in [5.74, 6) is -2.13. The second-order valence-electron chi connectivity index (χ2n) is 5.15. The van der Waals surface area contributed by atoms with E-state index in [1.807, 2.05) is 6.92 Å². The molecule has 0 saturated heterocycles. The molecule has 0 aromatic rings. The smallest absolute Gasteiger partial charge is 0.391 e. The summed E-state index contributed by atoms with van der Waals surface area (Å²) in [5.41, 5.74) is 0. The summed E-state index contributed by atoms with van der Waals surface area (Å²) in [5, 5.41) is 8.92. The van der Waals surface area contributed by atoms with Gasteiger partial charge in [0.2, 0.25) is 5.91 Å². The van der Waals surface area contributed by atoms with Gasteiger partial charge in [-0.25, -0.2) is 0 Å². The van der Waals surface area contributed by atoms with Crippen molar-refractivity contribution in [3.05, 3.63) is 0 Å². The standard InChI is InChI=1S/C13H22F3NO2/c1-2-6-17(7-8-18)12(19)10-4-3-5-11(9-10)13(14,15)16/h10-11,18H,2-9H2,1H3. The van der Waals surface area contributed by atoms with E-state index in [-0.39, 0.29) is 31.9 Å². The van der Waals surface area contributed by atoms with Crippen molar-refractivity contribution >= 4 is 5.91 Å². The summed E-state index contributed by atoms with van der Waals surface area (Å²) in [6.45, 7) is 2.45. The molecule has 0 radical (unpaired) electrons. The predicted molar refractivity (Wildman–Crippen MR) is 65.5 cm³/mol. The summed E-state index contributed by atoms with van der Waals surface area (Å²) in [6.07, 6.45) is -2.47. The second kappa shape index (κ2) is 7.12. The summed E-state index contributed by atoms with van der Waals surface area (Å²) in [7, 11) is 0. The minimum atomic E-state index is -4.20. The molecule has 6 heteroatoms. The Hall–Kier alpha value is -0.780. The van der Waals surface area contributed by atoms with Gasteiger partial charge in [0.25, 0.3) is 0 Å². The Morgan fingerprint density at radius 2 is 2.00 bits per heavy atom. The van der Waals surface area contributed by atoms with Gasteiger partial charge in [0.1, 0.15) is 0 Å². The number of nitrogens with zero attached hydrogens (tertiary/aromatic N) is 1. The van der Waals surface area contributed by atoms with Crippen molar-refractivity contribution in [2.45, 2.75) is 45.2 Å². The zero-order chi connectivity index (χ0) is 14.5. The maximum atomic E-state index is 12.7. The van der Waals surface area contributed by atoms with Crippen LogP contribution in [0.15, 0.2) is 0 Å². The number of halogens is 3. The second-order valence-corrected chi connectivity index (χ2v) is 5.15. The van der Waals surface area contributed by atoms with Crippen LogP contribution in [0, 0.1) is 11.8 Å². The first-order valence-electron chi connectivity index (χ1n) is 6.86.